The molecule has 0 amide bonds. The lowest BCUT2D eigenvalue weighted by atomic mass is 9.91. The van der Waals surface area contributed by atoms with Crippen LogP contribution in [0.15, 0.2) is 152 Å². The number of hydrogen-bond acceptors (Lipinski definition) is 2. The van der Waals surface area contributed by atoms with E-state index in [0.717, 1.165) is 54.1 Å². The topological polar surface area (TPSA) is 30.7 Å². The zero-order valence-corrected chi connectivity index (χ0v) is 29.3. The molecule has 0 atom stereocenters. The fourth-order valence-corrected chi connectivity index (χ4v) is 8.78. The Morgan fingerprint density at radius 2 is 1.00 bits per heavy atom. The van der Waals surface area contributed by atoms with Crippen molar-refractivity contribution in [1.82, 2.24) is 14.5 Å². The van der Waals surface area contributed by atoms with Crippen LogP contribution in [0.3, 0.4) is 0 Å². The molecule has 250 valence electrons. The molecular formula is C50H35N3. The van der Waals surface area contributed by atoms with Gasteiger partial charge in [0.1, 0.15) is 0 Å². The predicted molar refractivity (Wildman–Crippen MR) is 222 cm³/mol. The first kappa shape index (κ1) is 30.1. The van der Waals surface area contributed by atoms with Gasteiger partial charge in [0.05, 0.1) is 17.1 Å². The molecule has 2 aliphatic rings. The van der Waals surface area contributed by atoms with Crippen molar-refractivity contribution in [3.8, 4) is 39.6 Å². The van der Waals surface area contributed by atoms with Crippen molar-refractivity contribution in [1.29, 1.82) is 0 Å². The molecule has 0 radical (unpaired) electrons. The van der Waals surface area contributed by atoms with E-state index < -0.39 is 0 Å². The van der Waals surface area contributed by atoms with E-state index in [2.05, 4.69) is 168 Å². The summed E-state index contributed by atoms with van der Waals surface area (Å²) in [5.74, 6) is 0.743. The maximum absolute atomic E-state index is 5.33. The standard InChI is InChI=1S/C50H35N3/c1-2-12-32(13-3-1)46-31-47(52-50(51-46)53-48-20-10-8-18-43(48)44-19-9-11-21-49(44)53)37-25-24-33-28-34(22-23-35(33)29-37)36-26-27-42-40-16-5-4-14-38(40)39-15-6-7-17-41(39)45(42)30-36/h1-8,11-18,21-31H,9-10,19-20H2. The zero-order chi connectivity index (χ0) is 34.9. The summed E-state index contributed by atoms with van der Waals surface area (Å²) in [6.07, 6.45) is 13.3. The third-order valence-electron chi connectivity index (χ3n) is 11.3. The minimum atomic E-state index is 0.743. The maximum Gasteiger partial charge on any atom is 0.235 e. The number of rotatable bonds is 4. The Kier molecular flexibility index (Phi) is 6.81. The van der Waals surface area contributed by atoms with Crippen molar-refractivity contribution >= 4 is 55.2 Å². The fourth-order valence-electron chi connectivity index (χ4n) is 8.78. The van der Waals surface area contributed by atoms with Crippen molar-refractivity contribution in [3.63, 3.8) is 0 Å². The van der Waals surface area contributed by atoms with Crippen molar-refractivity contribution in [2.45, 2.75) is 25.7 Å². The van der Waals surface area contributed by atoms with Gasteiger partial charge in [-0.3, -0.25) is 4.57 Å². The quantitative estimate of drug-likeness (QED) is 0.174. The van der Waals surface area contributed by atoms with E-state index in [9.17, 15) is 0 Å². The van der Waals surface area contributed by atoms with Crippen molar-refractivity contribution < 1.29 is 0 Å². The predicted octanol–water partition coefficient (Wildman–Crippen LogP) is 12.8. The highest BCUT2D eigenvalue weighted by Gasteiger charge is 2.25. The van der Waals surface area contributed by atoms with Gasteiger partial charge in [-0.15, -0.1) is 0 Å². The Bertz CT molecular complexity index is 2960. The van der Waals surface area contributed by atoms with Crippen LogP contribution < -0.4 is 0 Å². The average Bonchev–Trinajstić information content (AvgIpc) is 3.58. The molecule has 2 heterocycles. The van der Waals surface area contributed by atoms with E-state index >= 15 is 0 Å². The highest BCUT2D eigenvalue weighted by molar-refractivity contribution is 6.25. The fraction of sp³-hybridized carbons (Fsp3) is 0.0800. The summed E-state index contributed by atoms with van der Waals surface area (Å²) >= 11 is 0. The maximum atomic E-state index is 5.33. The van der Waals surface area contributed by atoms with E-state index in [-0.39, 0.29) is 0 Å². The molecule has 0 aliphatic heterocycles. The van der Waals surface area contributed by atoms with E-state index in [1.54, 1.807) is 0 Å². The van der Waals surface area contributed by atoms with Gasteiger partial charge in [0.15, 0.2) is 0 Å². The number of hydrogen-bond donors (Lipinski definition) is 0. The SMILES string of the molecule is C1=Cc2c(c3c(n2-c2nc(-c4ccccc4)cc(-c4ccc5cc(-c6ccc7c8ccccc8c8ccccc8c7c6)ccc5c4)n2)CCC=C3)CC1. The molecule has 9 aromatic rings. The number of aromatic nitrogens is 3. The van der Waals surface area contributed by atoms with Gasteiger partial charge >= 0.3 is 0 Å². The van der Waals surface area contributed by atoms with Gasteiger partial charge in [-0.2, -0.15) is 0 Å². The minimum absolute atomic E-state index is 0.743. The molecule has 0 saturated carbocycles. The van der Waals surface area contributed by atoms with Crippen molar-refractivity contribution in [3.05, 3.63) is 174 Å². The van der Waals surface area contributed by atoms with Gasteiger partial charge < -0.3 is 0 Å². The third-order valence-corrected chi connectivity index (χ3v) is 11.3. The molecule has 0 bridgehead atoms. The summed E-state index contributed by atoms with van der Waals surface area (Å²) in [4.78, 5) is 10.6. The average molecular weight is 678 g/mol. The second kappa shape index (κ2) is 12.0. The molecule has 0 unspecified atom stereocenters. The van der Waals surface area contributed by atoms with Crippen LogP contribution in [0.2, 0.25) is 0 Å². The lowest BCUT2D eigenvalue weighted by molar-refractivity contribution is 0.824. The highest BCUT2D eigenvalue weighted by atomic mass is 15.2. The Labute approximate surface area is 308 Å². The van der Waals surface area contributed by atoms with Crippen LogP contribution >= 0.6 is 0 Å². The zero-order valence-electron chi connectivity index (χ0n) is 29.3. The molecule has 3 heteroatoms. The van der Waals surface area contributed by atoms with Gasteiger partial charge in [-0.1, -0.05) is 133 Å². The van der Waals surface area contributed by atoms with Gasteiger partial charge in [0.2, 0.25) is 5.95 Å². The van der Waals surface area contributed by atoms with Crippen LogP contribution in [-0.4, -0.2) is 14.5 Å². The van der Waals surface area contributed by atoms with E-state index in [4.69, 9.17) is 9.97 Å². The lowest BCUT2D eigenvalue weighted by Crippen LogP contribution is -2.10. The molecule has 0 fully saturated rings. The Hall–Kier alpha value is -6.58. The third kappa shape index (κ3) is 4.88. The lowest BCUT2D eigenvalue weighted by Gasteiger charge is -2.16. The van der Waals surface area contributed by atoms with Crippen molar-refractivity contribution in [2.75, 3.05) is 0 Å². The van der Waals surface area contributed by atoms with Gasteiger partial charge in [0, 0.05) is 16.8 Å². The van der Waals surface area contributed by atoms with Gasteiger partial charge in [-0.05, 0) is 121 Å². The molecule has 2 aliphatic carbocycles. The van der Waals surface area contributed by atoms with E-state index in [1.807, 2.05) is 0 Å². The number of benzene rings is 7. The summed E-state index contributed by atoms with van der Waals surface area (Å²) in [7, 11) is 0. The van der Waals surface area contributed by atoms with E-state index in [1.165, 1.54) is 76.7 Å². The first-order chi connectivity index (χ1) is 26.3. The summed E-state index contributed by atoms with van der Waals surface area (Å²) in [5, 5.41) is 10.2. The number of nitrogens with zero attached hydrogens (tertiary/aromatic N) is 3. The highest BCUT2D eigenvalue weighted by Crippen LogP contribution is 2.39. The van der Waals surface area contributed by atoms with Crippen LogP contribution in [0, 0.1) is 0 Å². The molecular weight excluding hydrogens is 643 g/mol. The van der Waals surface area contributed by atoms with Crippen LogP contribution in [0.5, 0.6) is 0 Å². The molecule has 7 aromatic carbocycles. The van der Waals surface area contributed by atoms with Gasteiger partial charge in [0.25, 0.3) is 0 Å². The molecule has 0 N–H and O–H groups in total. The van der Waals surface area contributed by atoms with Crippen LogP contribution in [0.25, 0.3) is 94.8 Å². The summed E-state index contributed by atoms with van der Waals surface area (Å²) in [6.45, 7) is 0. The van der Waals surface area contributed by atoms with Crippen molar-refractivity contribution in [2.24, 2.45) is 0 Å². The molecule has 0 saturated heterocycles. The molecule has 0 spiro atoms. The van der Waals surface area contributed by atoms with E-state index in [0.29, 0.717) is 0 Å². The van der Waals surface area contributed by atoms with Crippen LogP contribution in [0.1, 0.15) is 35.4 Å². The second-order valence-corrected chi connectivity index (χ2v) is 14.4. The van der Waals surface area contributed by atoms with Crippen LogP contribution in [-0.2, 0) is 12.8 Å². The summed E-state index contributed by atoms with van der Waals surface area (Å²) in [5.41, 5.74) is 11.8. The summed E-state index contributed by atoms with van der Waals surface area (Å²) < 4.78 is 2.34. The molecule has 2 aromatic heterocycles. The largest absolute Gasteiger partial charge is 0.282 e. The number of allylic oxidation sites excluding steroid dienone is 2. The Morgan fingerprint density at radius 1 is 0.434 bits per heavy atom. The molecule has 53 heavy (non-hydrogen) atoms. The summed E-state index contributed by atoms with van der Waals surface area (Å²) in [6, 6.07) is 50.7. The Balaban J connectivity index is 1.03. The number of fused-ring (bicyclic) bond motifs is 10. The molecule has 11 rings (SSSR count). The first-order valence-corrected chi connectivity index (χ1v) is 18.7. The van der Waals surface area contributed by atoms with Gasteiger partial charge in [-0.25, -0.2) is 9.97 Å². The normalized spacial score (nSPS) is 13.6. The first-order valence-electron chi connectivity index (χ1n) is 18.7. The minimum Gasteiger partial charge on any atom is -0.282 e. The second-order valence-electron chi connectivity index (χ2n) is 14.4. The monoisotopic (exact) mass is 677 g/mol. The van der Waals surface area contributed by atoms with Crippen LogP contribution in [0.4, 0.5) is 0 Å². The smallest absolute Gasteiger partial charge is 0.235 e. The Morgan fingerprint density at radius 3 is 1.75 bits per heavy atom. The molecule has 3 nitrogen and oxygen atoms in total.